The van der Waals surface area contributed by atoms with E-state index in [1.165, 1.54) is 0 Å². The van der Waals surface area contributed by atoms with Gasteiger partial charge in [-0.15, -0.1) is 0 Å². The number of fused-ring (bicyclic) bond motifs is 1. The molecular weight excluding hydrogens is 350 g/mol. The summed E-state index contributed by atoms with van der Waals surface area (Å²) in [7, 11) is 0. The number of nitrogens with zero attached hydrogens (tertiary/aromatic N) is 2. The molecule has 0 aliphatic carbocycles. The van der Waals surface area contributed by atoms with E-state index in [1.54, 1.807) is 4.90 Å². The second-order valence-electron chi connectivity index (χ2n) is 7.75. The van der Waals surface area contributed by atoms with Gasteiger partial charge in [0.15, 0.2) is 0 Å². The van der Waals surface area contributed by atoms with Crippen LogP contribution >= 0.6 is 0 Å². The van der Waals surface area contributed by atoms with Gasteiger partial charge in [0.25, 0.3) is 0 Å². The van der Waals surface area contributed by atoms with E-state index in [2.05, 4.69) is 30.1 Å². The summed E-state index contributed by atoms with van der Waals surface area (Å²) in [6.07, 6.45) is 0. The Balaban J connectivity index is 1.76. The Morgan fingerprint density at radius 2 is 1.79 bits per heavy atom. The van der Waals surface area contributed by atoms with Crippen molar-refractivity contribution in [2.75, 3.05) is 34.8 Å². The smallest absolute Gasteiger partial charge is 0.244 e. The maximum Gasteiger partial charge on any atom is 0.244 e. The molecule has 0 saturated heterocycles. The first-order chi connectivity index (χ1) is 13.3. The molecule has 0 radical (unpaired) electrons. The van der Waals surface area contributed by atoms with Gasteiger partial charge in [0.2, 0.25) is 11.8 Å². The van der Waals surface area contributed by atoms with E-state index in [0.29, 0.717) is 0 Å². The van der Waals surface area contributed by atoms with Crippen LogP contribution in [-0.2, 0) is 15.0 Å². The third-order valence-electron chi connectivity index (χ3n) is 5.56. The molecule has 3 rings (SSSR count). The maximum atomic E-state index is 12.9. The van der Waals surface area contributed by atoms with E-state index in [4.69, 9.17) is 0 Å². The van der Waals surface area contributed by atoms with Gasteiger partial charge in [-0.2, -0.15) is 0 Å². The third kappa shape index (κ3) is 3.49. The minimum atomic E-state index is -0.613. The molecule has 1 aliphatic rings. The highest BCUT2D eigenvalue weighted by Crippen LogP contribution is 2.41. The molecule has 0 bridgehead atoms. The zero-order valence-corrected chi connectivity index (χ0v) is 17.4. The van der Waals surface area contributed by atoms with Gasteiger partial charge in [-0.1, -0.05) is 18.2 Å². The molecule has 0 aromatic heterocycles. The molecule has 1 heterocycles. The lowest BCUT2D eigenvalue weighted by Crippen LogP contribution is -2.40. The van der Waals surface area contributed by atoms with Crippen LogP contribution in [-0.4, -0.2) is 31.4 Å². The lowest BCUT2D eigenvalue weighted by atomic mass is 9.86. The van der Waals surface area contributed by atoms with Crippen LogP contribution in [0.15, 0.2) is 42.5 Å². The van der Waals surface area contributed by atoms with Crippen molar-refractivity contribution in [1.82, 2.24) is 0 Å². The first-order valence-corrected chi connectivity index (χ1v) is 9.86. The fourth-order valence-electron chi connectivity index (χ4n) is 3.86. The number of anilines is 3. The normalized spacial score (nSPS) is 14.8. The van der Waals surface area contributed by atoms with Gasteiger partial charge in [-0.25, -0.2) is 0 Å². The predicted molar refractivity (Wildman–Crippen MR) is 115 cm³/mol. The number of hydrogen-bond acceptors (Lipinski definition) is 3. The van der Waals surface area contributed by atoms with Crippen molar-refractivity contribution < 1.29 is 9.59 Å². The third-order valence-corrected chi connectivity index (χ3v) is 5.56. The number of para-hydroxylation sites is 1. The van der Waals surface area contributed by atoms with Gasteiger partial charge >= 0.3 is 0 Å². The molecule has 28 heavy (non-hydrogen) atoms. The molecule has 0 spiro atoms. The SMILES string of the molecule is CCN(CC)c1ccc(NC(=O)CN2C(=O)C(C)(C)c3ccccc32)c(C)c1. The molecule has 2 aromatic carbocycles. The van der Waals surface area contributed by atoms with Crippen molar-refractivity contribution in [3.8, 4) is 0 Å². The van der Waals surface area contributed by atoms with Crippen LogP contribution in [0.5, 0.6) is 0 Å². The summed E-state index contributed by atoms with van der Waals surface area (Å²) >= 11 is 0. The average Bonchev–Trinajstić information content (AvgIpc) is 2.86. The van der Waals surface area contributed by atoms with E-state index in [0.717, 1.165) is 41.3 Å². The number of hydrogen-bond donors (Lipinski definition) is 1. The van der Waals surface area contributed by atoms with Crippen LogP contribution in [0, 0.1) is 6.92 Å². The number of nitrogens with one attached hydrogen (secondary N) is 1. The van der Waals surface area contributed by atoms with Crippen LogP contribution in [0.1, 0.15) is 38.8 Å². The summed E-state index contributed by atoms with van der Waals surface area (Å²) < 4.78 is 0. The highest BCUT2D eigenvalue weighted by molar-refractivity contribution is 6.11. The number of carbonyl (C=O) groups excluding carboxylic acids is 2. The number of carbonyl (C=O) groups is 2. The Kier molecular flexibility index (Phi) is 5.45. The summed E-state index contributed by atoms with van der Waals surface area (Å²) in [5.74, 6) is -0.239. The van der Waals surface area contributed by atoms with Crippen molar-refractivity contribution in [3.63, 3.8) is 0 Å². The Bertz CT molecular complexity index is 900. The van der Waals surface area contributed by atoms with Crippen LogP contribution in [0.3, 0.4) is 0 Å². The monoisotopic (exact) mass is 379 g/mol. The minimum absolute atomic E-state index is 0.0104. The van der Waals surface area contributed by atoms with E-state index in [-0.39, 0.29) is 18.4 Å². The number of aryl methyl sites for hydroxylation is 1. The molecule has 1 N–H and O–H groups in total. The summed E-state index contributed by atoms with van der Waals surface area (Å²) in [6.45, 7) is 11.9. The van der Waals surface area contributed by atoms with Gasteiger partial charge in [0.1, 0.15) is 6.54 Å². The summed E-state index contributed by atoms with van der Waals surface area (Å²) in [5, 5.41) is 2.97. The van der Waals surface area contributed by atoms with Gasteiger partial charge in [0, 0.05) is 30.2 Å². The summed E-state index contributed by atoms with van der Waals surface area (Å²) in [6, 6.07) is 13.7. The zero-order valence-electron chi connectivity index (χ0n) is 17.4. The van der Waals surface area contributed by atoms with Gasteiger partial charge in [0.05, 0.1) is 5.41 Å². The summed E-state index contributed by atoms with van der Waals surface area (Å²) in [4.78, 5) is 29.4. The Hall–Kier alpha value is -2.82. The highest BCUT2D eigenvalue weighted by atomic mass is 16.2. The molecule has 0 unspecified atom stereocenters. The van der Waals surface area contributed by atoms with Crippen LogP contribution in [0.25, 0.3) is 0 Å². The maximum absolute atomic E-state index is 12.9. The lowest BCUT2D eigenvalue weighted by molar-refractivity contribution is -0.124. The molecule has 5 heteroatoms. The van der Waals surface area contributed by atoms with Crippen molar-refractivity contribution in [1.29, 1.82) is 0 Å². The van der Waals surface area contributed by atoms with Gasteiger partial charge in [-0.3, -0.25) is 9.59 Å². The zero-order chi connectivity index (χ0) is 20.5. The summed E-state index contributed by atoms with van der Waals surface area (Å²) in [5.41, 5.74) is 4.10. The van der Waals surface area contributed by atoms with Gasteiger partial charge < -0.3 is 15.1 Å². The molecule has 148 valence electrons. The van der Waals surface area contributed by atoms with E-state index in [9.17, 15) is 9.59 Å². The Morgan fingerprint density at radius 3 is 2.43 bits per heavy atom. The number of rotatable bonds is 6. The average molecular weight is 380 g/mol. The molecule has 5 nitrogen and oxygen atoms in total. The van der Waals surface area contributed by atoms with Crippen LogP contribution in [0.2, 0.25) is 0 Å². The number of benzene rings is 2. The number of amides is 2. The molecule has 0 saturated carbocycles. The predicted octanol–water partition coefficient (Wildman–Crippen LogP) is 4.10. The Labute approximate surface area is 167 Å². The fourth-order valence-corrected chi connectivity index (χ4v) is 3.86. The van der Waals surface area contributed by atoms with E-state index >= 15 is 0 Å². The largest absolute Gasteiger partial charge is 0.372 e. The lowest BCUT2D eigenvalue weighted by Gasteiger charge is -2.23. The van der Waals surface area contributed by atoms with Crippen molar-refractivity contribution in [3.05, 3.63) is 53.6 Å². The van der Waals surface area contributed by atoms with Crippen molar-refractivity contribution in [2.24, 2.45) is 0 Å². The second kappa shape index (κ2) is 7.66. The molecule has 0 atom stereocenters. The fraction of sp³-hybridized carbons (Fsp3) is 0.391. The van der Waals surface area contributed by atoms with Crippen molar-refractivity contribution >= 4 is 28.9 Å². The van der Waals surface area contributed by atoms with Crippen LogP contribution in [0.4, 0.5) is 17.1 Å². The first kappa shape index (κ1) is 19.9. The topological polar surface area (TPSA) is 52.7 Å². The highest BCUT2D eigenvalue weighted by Gasteiger charge is 2.44. The van der Waals surface area contributed by atoms with Gasteiger partial charge in [-0.05, 0) is 70.0 Å². The quantitative estimate of drug-likeness (QED) is 0.822. The molecule has 0 fully saturated rings. The standard InChI is InChI=1S/C23H29N3O2/c1-6-25(7-2)17-12-13-19(16(3)14-17)24-21(27)15-26-20-11-9-8-10-18(20)23(4,5)22(26)28/h8-14H,6-7,15H2,1-5H3,(H,24,27). The van der Waals surface area contributed by atoms with E-state index in [1.807, 2.05) is 57.2 Å². The minimum Gasteiger partial charge on any atom is -0.372 e. The molecule has 1 aliphatic heterocycles. The van der Waals surface area contributed by atoms with E-state index < -0.39 is 5.41 Å². The Morgan fingerprint density at radius 1 is 1.11 bits per heavy atom. The van der Waals surface area contributed by atoms with Crippen LogP contribution < -0.4 is 15.1 Å². The first-order valence-electron chi connectivity index (χ1n) is 9.86. The molecular formula is C23H29N3O2. The molecule has 2 aromatic rings. The second-order valence-corrected chi connectivity index (χ2v) is 7.75. The van der Waals surface area contributed by atoms with Crippen molar-refractivity contribution in [2.45, 2.75) is 40.0 Å². The molecule has 2 amide bonds.